The zero-order valence-electron chi connectivity index (χ0n) is 52.9. The number of carbonyl (C=O) groups is 5. The van der Waals surface area contributed by atoms with Gasteiger partial charge in [0, 0.05) is 62.2 Å². The van der Waals surface area contributed by atoms with Gasteiger partial charge in [0.05, 0.1) is 61.7 Å². The van der Waals surface area contributed by atoms with Crippen LogP contribution in [-0.2, 0) is 28.6 Å². The largest absolute Gasteiger partial charge is 0.459 e. The Balaban J connectivity index is 0.794. The van der Waals surface area contributed by atoms with Crippen LogP contribution in [0.1, 0.15) is 126 Å². The first-order valence-electron chi connectivity index (χ1n) is 30.5. The monoisotopic (exact) mass is 1300 g/mol. The summed E-state index contributed by atoms with van der Waals surface area (Å²) in [5.41, 5.74) is 2.36. The summed E-state index contributed by atoms with van der Waals surface area (Å²) in [6.07, 6.45) is -0.272. The molecule has 0 saturated carbocycles. The van der Waals surface area contributed by atoms with Crippen LogP contribution in [0.5, 0.6) is 6.01 Å². The molecule has 7 heterocycles. The summed E-state index contributed by atoms with van der Waals surface area (Å²) in [6, 6.07) is 9.09. The van der Waals surface area contributed by atoms with Crippen LogP contribution in [0.2, 0.25) is 5.02 Å². The van der Waals surface area contributed by atoms with Crippen molar-refractivity contribution in [3.63, 3.8) is 0 Å². The number of fused-ring (bicyclic) bond motifs is 4. The van der Waals surface area contributed by atoms with E-state index in [9.17, 15) is 29.1 Å². The van der Waals surface area contributed by atoms with E-state index in [0.717, 1.165) is 45.9 Å². The minimum absolute atomic E-state index is 0.0237. The van der Waals surface area contributed by atoms with Crippen molar-refractivity contribution < 1.29 is 56.8 Å². The Bertz CT molecular complexity index is 3660. The van der Waals surface area contributed by atoms with Gasteiger partial charge in [-0.2, -0.15) is 9.97 Å². The second kappa shape index (κ2) is 26.4. The lowest BCUT2D eigenvalue weighted by atomic mass is 9.85. The number of nitrogens with one attached hydrogen (secondary N) is 3. The summed E-state index contributed by atoms with van der Waals surface area (Å²) in [7, 11) is 0. The molecule has 4 fully saturated rings. The SMILES string of the molecule is Cc1ncsc1-c1ccc(C(C)NC(=O)[C@@H]2C[C@@H](O)CN2C(=O)C(NC(=O)COC2CCN(CC(C)Oc3nc(N4CC5CCC(C4)N5C(=O)OC(C)(C)C)c4cc(Cl)c(-c5ccc(F)c6sc(NC(=O)OC(C)(C)C)nc56)c(F)c4n3)CC2)C(C)(C)C)cc1. The number of carbonyl (C=O) groups excluding carboxylic acids is 5. The van der Waals surface area contributed by atoms with Crippen molar-refractivity contribution in [2.45, 2.75) is 175 Å². The Kier molecular flexibility index (Phi) is 19.3. The molecule has 5 unspecified atom stereocenters. The number of β-amino-alcohol motifs (C(OH)–C–C–N with tert-alkyl or cyclic N) is 1. The highest BCUT2D eigenvalue weighted by Gasteiger charge is 2.47. The first-order chi connectivity index (χ1) is 42.4. The predicted octanol–water partition coefficient (Wildman–Crippen LogP) is 10.8. The maximum absolute atomic E-state index is 17.7. The van der Waals surface area contributed by atoms with E-state index < -0.39 is 88.5 Å². The van der Waals surface area contributed by atoms with E-state index in [1.165, 1.54) is 17.0 Å². The molecule has 4 saturated heterocycles. The molecule has 0 aliphatic carbocycles. The van der Waals surface area contributed by atoms with E-state index >= 15 is 8.78 Å². The van der Waals surface area contributed by atoms with E-state index in [0.29, 0.717) is 56.8 Å². The molecule has 4 aliphatic rings. The third-order valence-corrected chi connectivity index (χ3v) is 18.7. The first kappa shape index (κ1) is 66.0. The summed E-state index contributed by atoms with van der Waals surface area (Å²) >= 11 is 9.49. The maximum Gasteiger partial charge on any atom is 0.413 e. The normalized spacial score (nSPS) is 20.3. The van der Waals surface area contributed by atoms with Crippen molar-refractivity contribution in [3.8, 4) is 27.6 Å². The molecular weight excluding hydrogens is 1220 g/mol. The van der Waals surface area contributed by atoms with E-state index in [1.807, 2.05) is 91.5 Å². The number of anilines is 2. The fourth-order valence-corrected chi connectivity index (χ4v) is 14.2. The average molecular weight is 1300 g/mol. The highest BCUT2D eigenvalue weighted by atomic mass is 35.5. The Morgan fingerprint density at radius 2 is 1.52 bits per heavy atom. The van der Waals surface area contributed by atoms with Crippen LogP contribution in [0.25, 0.3) is 42.7 Å². The molecule has 3 aromatic carbocycles. The molecule has 3 aromatic heterocycles. The third-order valence-electron chi connectivity index (χ3n) is 16.5. The minimum Gasteiger partial charge on any atom is -0.459 e. The van der Waals surface area contributed by atoms with Crippen LogP contribution >= 0.6 is 34.3 Å². The van der Waals surface area contributed by atoms with Gasteiger partial charge >= 0.3 is 18.2 Å². The molecule has 0 radical (unpaired) electrons. The number of nitrogens with zero attached hydrogens (tertiary/aromatic N) is 8. The van der Waals surface area contributed by atoms with E-state index in [1.54, 1.807) is 48.6 Å². The number of aliphatic hydroxyl groups is 1. The van der Waals surface area contributed by atoms with Crippen LogP contribution < -0.4 is 25.6 Å². The van der Waals surface area contributed by atoms with Crippen molar-refractivity contribution in [1.29, 1.82) is 0 Å². The molecular formula is C64H80ClF2N11O10S2. The van der Waals surface area contributed by atoms with E-state index in [2.05, 4.69) is 30.8 Å². The number of aromatic nitrogens is 4. The number of ether oxygens (including phenoxy) is 4. The molecule has 26 heteroatoms. The third kappa shape index (κ3) is 15.0. The number of hydrogen-bond acceptors (Lipinski definition) is 18. The number of halogens is 3. The minimum atomic E-state index is -1.03. The summed E-state index contributed by atoms with van der Waals surface area (Å²) in [5, 5.41) is 19.6. The lowest BCUT2D eigenvalue weighted by Gasteiger charge is -2.42. The van der Waals surface area contributed by atoms with Crippen LogP contribution in [0.3, 0.4) is 0 Å². The number of benzene rings is 3. The molecule has 6 aromatic rings. The Morgan fingerprint density at radius 3 is 2.16 bits per heavy atom. The second-order valence-electron chi connectivity index (χ2n) is 27.0. The molecule has 21 nitrogen and oxygen atoms in total. The number of likely N-dealkylation sites (tertiary alicyclic amines) is 2. The van der Waals surface area contributed by atoms with Gasteiger partial charge < -0.3 is 44.5 Å². The Labute approximate surface area is 535 Å². The first-order valence-corrected chi connectivity index (χ1v) is 32.6. The molecule has 7 atom stereocenters. The zero-order valence-corrected chi connectivity index (χ0v) is 55.3. The van der Waals surface area contributed by atoms with Crippen molar-refractivity contribution >= 4 is 96.3 Å². The number of piperidine rings is 1. The van der Waals surface area contributed by atoms with Gasteiger partial charge in [-0.05, 0) is 123 Å². The van der Waals surface area contributed by atoms with Crippen LogP contribution in [0.15, 0.2) is 48.0 Å². The number of rotatable bonds is 16. The molecule has 484 valence electrons. The molecule has 5 amide bonds. The number of aryl methyl sites for hydroxylation is 1. The summed E-state index contributed by atoms with van der Waals surface area (Å²) in [6.45, 7) is 23.7. The van der Waals surface area contributed by atoms with Gasteiger partial charge in [0.15, 0.2) is 10.9 Å². The van der Waals surface area contributed by atoms with Crippen LogP contribution in [0, 0.1) is 24.0 Å². The van der Waals surface area contributed by atoms with E-state index in [4.69, 9.17) is 40.5 Å². The van der Waals surface area contributed by atoms with Crippen molar-refractivity contribution in [1.82, 2.24) is 45.3 Å². The smallest absolute Gasteiger partial charge is 0.413 e. The quantitative estimate of drug-likeness (QED) is 0.0704. The number of piperazine rings is 1. The number of hydrogen-bond donors (Lipinski definition) is 4. The van der Waals surface area contributed by atoms with Gasteiger partial charge in [-0.1, -0.05) is 68.0 Å². The lowest BCUT2D eigenvalue weighted by molar-refractivity contribution is -0.145. The fraction of sp³-hybridized carbons (Fsp3) is 0.547. The molecule has 10 rings (SSSR count). The summed E-state index contributed by atoms with van der Waals surface area (Å²) < 4.78 is 57.1. The maximum atomic E-state index is 17.7. The van der Waals surface area contributed by atoms with E-state index in [-0.39, 0.29) is 80.8 Å². The molecule has 0 spiro atoms. The molecule has 2 bridgehead atoms. The van der Waals surface area contributed by atoms with Gasteiger partial charge in [0.1, 0.15) is 53.1 Å². The Hall–Kier alpha value is -6.90. The number of aliphatic hydroxyl groups excluding tert-OH is 1. The molecule has 90 heavy (non-hydrogen) atoms. The van der Waals surface area contributed by atoms with Gasteiger partial charge in [-0.3, -0.25) is 29.5 Å². The van der Waals surface area contributed by atoms with Crippen molar-refractivity contribution in [2.24, 2.45) is 5.41 Å². The number of thiazole rings is 2. The summed E-state index contributed by atoms with van der Waals surface area (Å²) in [5.74, 6) is -2.49. The standard InChI is InChI=1S/C64H80ClF2N11O10S2/c1-33(27-75-23-21-41(22-24-75)85-31-47(80)70-54(62(4,5)6)57(82)77-30-40(79)25-46(77)56(81)69-34(2)36-13-15-37(16-14-36)52-35(3)68-32-89-52)86-58-71-50-43(55(73-58)76-28-38-17-18-39(29-76)78(38)61(84)88-64(10,11)12)26-44(65)48(49(50)67)42-19-20-45(66)53-51(42)72-59(90-53)74-60(83)87-63(7,8)9/h13-16,19-20,26,32-34,38-41,46,54,79H,17-18,21-25,27-31H2,1-12H3,(H,69,81)(H,70,80)(H,72,74,83)/t33?,34?,38?,39?,40-,46+,54?/m1/s1. The van der Waals surface area contributed by atoms with Gasteiger partial charge in [-0.25, -0.2) is 28.3 Å². The van der Waals surface area contributed by atoms with Crippen molar-refractivity contribution in [3.05, 3.63) is 75.9 Å². The molecule has 4 N–H and O–H groups in total. The van der Waals surface area contributed by atoms with Gasteiger partial charge in [-0.15, -0.1) is 11.3 Å². The Morgan fingerprint density at radius 1 is 0.844 bits per heavy atom. The highest BCUT2D eigenvalue weighted by molar-refractivity contribution is 7.22. The summed E-state index contributed by atoms with van der Waals surface area (Å²) in [4.78, 5) is 95.1. The molecule has 4 aliphatic heterocycles. The average Bonchev–Trinajstić information content (AvgIpc) is 1.16. The van der Waals surface area contributed by atoms with Gasteiger partial charge in [0.2, 0.25) is 17.7 Å². The second-order valence-corrected chi connectivity index (χ2v) is 29.3. The van der Waals surface area contributed by atoms with Crippen LogP contribution in [0.4, 0.5) is 29.3 Å². The lowest BCUT2D eigenvalue weighted by Crippen LogP contribution is -2.58. The fourth-order valence-electron chi connectivity index (χ4n) is 12.3. The zero-order chi connectivity index (χ0) is 64.9. The van der Waals surface area contributed by atoms with Crippen molar-refractivity contribution in [2.75, 3.05) is 56.1 Å². The van der Waals surface area contributed by atoms with Gasteiger partial charge in [0.25, 0.3) is 0 Å². The predicted molar refractivity (Wildman–Crippen MR) is 342 cm³/mol. The number of amides is 5. The topological polar surface area (TPSA) is 243 Å². The van der Waals surface area contributed by atoms with Crippen LogP contribution in [-0.4, -0.2) is 169 Å². The highest BCUT2D eigenvalue weighted by Crippen LogP contribution is 2.45.